The maximum Gasteiger partial charge on any atom is 0.275 e. The molecule has 2 amide bonds. The number of carboxylic acids is 1. The smallest absolute Gasteiger partial charge is 0.275 e. The largest absolute Gasteiger partial charge is 0.550 e. The summed E-state index contributed by atoms with van der Waals surface area (Å²) in [6, 6.07) is 0. The highest BCUT2D eigenvalue weighted by atomic mass is 16.4. The Morgan fingerprint density at radius 1 is 1.13 bits per heavy atom. The second-order valence-corrected chi connectivity index (χ2v) is 2.85. The topological polar surface area (TPSA) is 126 Å². The van der Waals surface area contributed by atoms with Crippen molar-refractivity contribution in [1.29, 1.82) is 0 Å². The standard InChI is InChI=1S/C8H15N3O4/c9-4-6(12)11-5-7(13)10-3-1-2-8(14)15/h1-5,9H2,(H,10,13)(H,11,12)(H,14,15). The number of carbonyl (C=O) groups is 3. The monoisotopic (exact) mass is 217 g/mol. The molecule has 0 bridgehead atoms. The van der Waals surface area contributed by atoms with Crippen LogP contribution in [0.1, 0.15) is 12.8 Å². The SMILES string of the molecule is [NH3+]CC(=O)NCC(=O)NCCCC(=O)[O-]. The van der Waals surface area contributed by atoms with Crippen molar-refractivity contribution in [3.05, 3.63) is 0 Å². The van der Waals surface area contributed by atoms with Crippen molar-refractivity contribution in [2.75, 3.05) is 19.6 Å². The number of carboxylic acid groups (broad SMARTS) is 1. The van der Waals surface area contributed by atoms with Gasteiger partial charge in [0.25, 0.3) is 5.91 Å². The van der Waals surface area contributed by atoms with E-state index in [9.17, 15) is 19.5 Å². The van der Waals surface area contributed by atoms with Crippen molar-refractivity contribution in [2.45, 2.75) is 12.8 Å². The second-order valence-electron chi connectivity index (χ2n) is 2.85. The van der Waals surface area contributed by atoms with Gasteiger partial charge in [-0.05, 0) is 12.8 Å². The molecule has 0 aromatic rings. The molecule has 5 N–H and O–H groups in total. The van der Waals surface area contributed by atoms with Gasteiger partial charge in [-0.25, -0.2) is 0 Å². The summed E-state index contributed by atoms with van der Waals surface area (Å²) in [6.07, 6.45) is 0.225. The molecule has 15 heavy (non-hydrogen) atoms. The number of quaternary nitrogens is 1. The number of aliphatic carboxylic acids is 1. The Bertz CT molecular complexity index is 242. The molecule has 0 atom stereocenters. The predicted molar refractivity (Wildman–Crippen MR) is 48.0 cm³/mol. The fraction of sp³-hybridized carbons (Fsp3) is 0.625. The zero-order valence-corrected chi connectivity index (χ0v) is 8.38. The van der Waals surface area contributed by atoms with Crippen molar-refractivity contribution in [3.8, 4) is 0 Å². The Balaban J connectivity index is 3.41. The Morgan fingerprint density at radius 2 is 1.80 bits per heavy atom. The van der Waals surface area contributed by atoms with Crippen LogP contribution in [0.2, 0.25) is 0 Å². The average molecular weight is 217 g/mol. The Morgan fingerprint density at radius 3 is 2.33 bits per heavy atom. The molecule has 0 aliphatic rings. The van der Waals surface area contributed by atoms with Gasteiger partial charge < -0.3 is 26.3 Å². The van der Waals surface area contributed by atoms with Gasteiger partial charge in [0.1, 0.15) is 0 Å². The third-order valence-electron chi connectivity index (χ3n) is 1.55. The van der Waals surface area contributed by atoms with Gasteiger partial charge in [0.15, 0.2) is 6.54 Å². The van der Waals surface area contributed by atoms with Crippen LogP contribution in [0.4, 0.5) is 0 Å². The number of hydrogen-bond acceptors (Lipinski definition) is 4. The van der Waals surface area contributed by atoms with Gasteiger partial charge in [-0.2, -0.15) is 0 Å². The van der Waals surface area contributed by atoms with Gasteiger partial charge in [-0.1, -0.05) is 0 Å². The summed E-state index contributed by atoms with van der Waals surface area (Å²) < 4.78 is 0. The van der Waals surface area contributed by atoms with Crippen LogP contribution in [0, 0.1) is 0 Å². The highest BCUT2D eigenvalue weighted by molar-refractivity contribution is 5.84. The first-order chi connectivity index (χ1) is 7.06. The predicted octanol–water partition coefficient (Wildman–Crippen LogP) is -4.01. The first kappa shape index (κ1) is 13.4. The lowest BCUT2D eigenvalue weighted by atomic mass is 10.3. The normalized spacial score (nSPS) is 9.40. The quantitative estimate of drug-likeness (QED) is 0.375. The summed E-state index contributed by atoms with van der Waals surface area (Å²) in [7, 11) is 0. The van der Waals surface area contributed by atoms with Crippen molar-refractivity contribution in [3.63, 3.8) is 0 Å². The van der Waals surface area contributed by atoms with E-state index >= 15 is 0 Å². The summed E-state index contributed by atoms with van der Waals surface area (Å²) in [5, 5.41) is 14.8. The molecule has 86 valence electrons. The van der Waals surface area contributed by atoms with E-state index in [2.05, 4.69) is 16.4 Å². The van der Waals surface area contributed by atoms with Crippen LogP contribution in [0.3, 0.4) is 0 Å². The second kappa shape index (κ2) is 7.74. The molecule has 0 aliphatic heterocycles. The minimum absolute atomic E-state index is 0.0813. The Labute approximate surface area is 87.0 Å². The molecule has 0 fully saturated rings. The summed E-state index contributed by atoms with van der Waals surface area (Å²) in [6.45, 7) is 0.227. The van der Waals surface area contributed by atoms with E-state index in [0.717, 1.165) is 0 Å². The zero-order valence-electron chi connectivity index (χ0n) is 8.38. The molecule has 0 radical (unpaired) electrons. The van der Waals surface area contributed by atoms with Crippen LogP contribution in [0.25, 0.3) is 0 Å². The molecular formula is C8H15N3O4. The molecule has 0 aliphatic carbocycles. The molecule has 0 aromatic carbocycles. The van der Waals surface area contributed by atoms with Crippen molar-refractivity contribution < 1.29 is 25.2 Å². The van der Waals surface area contributed by atoms with Crippen LogP contribution in [-0.4, -0.2) is 37.4 Å². The van der Waals surface area contributed by atoms with E-state index in [4.69, 9.17) is 0 Å². The summed E-state index contributed by atoms with van der Waals surface area (Å²) in [4.78, 5) is 31.7. The van der Waals surface area contributed by atoms with E-state index in [1.54, 1.807) is 0 Å². The van der Waals surface area contributed by atoms with E-state index in [1.807, 2.05) is 0 Å². The van der Waals surface area contributed by atoms with Gasteiger partial charge >= 0.3 is 0 Å². The minimum Gasteiger partial charge on any atom is -0.550 e. The van der Waals surface area contributed by atoms with Crippen LogP contribution in [-0.2, 0) is 14.4 Å². The lowest BCUT2D eigenvalue weighted by Crippen LogP contribution is -2.58. The minimum atomic E-state index is -1.14. The van der Waals surface area contributed by atoms with Crippen molar-refractivity contribution in [1.82, 2.24) is 10.6 Å². The van der Waals surface area contributed by atoms with Crippen molar-refractivity contribution >= 4 is 17.8 Å². The molecule has 0 aromatic heterocycles. The average Bonchev–Trinajstić information content (AvgIpc) is 2.20. The molecular weight excluding hydrogens is 202 g/mol. The zero-order chi connectivity index (χ0) is 11.7. The number of nitrogens with one attached hydrogen (secondary N) is 2. The van der Waals surface area contributed by atoms with Gasteiger partial charge in [0, 0.05) is 12.5 Å². The van der Waals surface area contributed by atoms with Crippen LogP contribution in [0.15, 0.2) is 0 Å². The first-order valence-corrected chi connectivity index (χ1v) is 4.58. The molecule has 0 rings (SSSR count). The maximum atomic E-state index is 11.0. The van der Waals surface area contributed by atoms with Gasteiger partial charge in [0.05, 0.1) is 6.54 Å². The lowest BCUT2D eigenvalue weighted by Gasteiger charge is -2.05. The van der Waals surface area contributed by atoms with Gasteiger partial charge in [-0.15, -0.1) is 0 Å². The molecule has 0 spiro atoms. The van der Waals surface area contributed by atoms with Gasteiger partial charge in [0.2, 0.25) is 5.91 Å². The Kier molecular flexibility index (Phi) is 6.90. The molecule has 7 nitrogen and oxygen atoms in total. The molecule has 0 saturated heterocycles. The molecule has 0 heterocycles. The summed E-state index contributed by atoms with van der Waals surface area (Å²) >= 11 is 0. The maximum absolute atomic E-state index is 11.0. The number of amides is 2. The van der Waals surface area contributed by atoms with Crippen LogP contribution in [0.5, 0.6) is 0 Å². The van der Waals surface area contributed by atoms with E-state index in [-0.39, 0.29) is 37.9 Å². The fourth-order valence-electron chi connectivity index (χ4n) is 0.790. The van der Waals surface area contributed by atoms with E-state index < -0.39 is 5.97 Å². The van der Waals surface area contributed by atoms with Crippen molar-refractivity contribution in [2.24, 2.45) is 0 Å². The van der Waals surface area contributed by atoms with Crippen LogP contribution < -0.4 is 21.5 Å². The highest BCUT2D eigenvalue weighted by Crippen LogP contribution is 1.83. The first-order valence-electron chi connectivity index (χ1n) is 4.58. The Hall–Kier alpha value is -1.63. The lowest BCUT2D eigenvalue weighted by molar-refractivity contribution is -0.355. The fourth-order valence-corrected chi connectivity index (χ4v) is 0.790. The number of rotatable bonds is 7. The summed E-state index contributed by atoms with van der Waals surface area (Å²) in [5.41, 5.74) is 3.34. The third-order valence-corrected chi connectivity index (χ3v) is 1.55. The van der Waals surface area contributed by atoms with E-state index in [0.29, 0.717) is 6.42 Å². The summed E-state index contributed by atoms with van der Waals surface area (Å²) in [5.74, 6) is -1.80. The number of hydrogen-bond donors (Lipinski definition) is 3. The molecule has 7 heteroatoms. The van der Waals surface area contributed by atoms with Crippen LogP contribution >= 0.6 is 0 Å². The highest BCUT2D eigenvalue weighted by Gasteiger charge is 2.03. The molecule has 0 unspecified atom stereocenters. The molecule has 0 saturated carbocycles. The van der Waals surface area contributed by atoms with Gasteiger partial charge in [-0.3, -0.25) is 9.59 Å². The number of carbonyl (C=O) groups excluding carboxylic acids is 3. The third kappa shape index (κ3) is 8.69. The van der Waals surface area contributed by atoms with E-state index in [1.165, 1.54) is 0 Å².